The van der Waals surface area contributed by atoms with E-state index in [2.05, 4.69) is 4.98 Å². The molecule has 0 atom stereocenters. The van der Waals surface area contributed by atoms with Crippen molar-refractivity contribution in [2.75, 3.05) is 0 Å². The fraction of sp³-hybridized carbons (Fsp3) is 0.333. The summed E-state index contributed by atoms with van der Waals surface area (Å²) in [5.41, 5.74) is 1.82. The maximum atomic E-state index is 11.4. The average molecular weight is 220 g/mol. The van der Waals surface area contributed by atoms with Gasteiger partial charge in [-0.15, -0.1) is 11.3 Å². The molecular formula is C6H8N2O3S2. The number of carbonyl (C=O) groups excluding carboxylic acids is 1. The number of hydrogen-bond donors (Lipinski definition) is 1. The third-order valence-corrected chi connectivity index (χ3v) is 4.23. The molecule has 72 valence electrons. The second-order valence-corrected chi connectivity index (χ2v) is 5.12. The highest BCUT2D eigenvalue weighted by atomic mass is 32.2. The lowest BCUT2D eigenvalue weighted by Gasteiger charge is -2.01. The van der Waals surface area contributed by atoms with E-state index in [-0.39, 0.29) is 4.21 Å². The lowest BCUT2D eigenvalue weighted by Crippen LogP contribution is -2.27. The minimum atomic E-state index is -3.69. The molecule has 0 fully saturated rings. The summed E-state index contributed by atoms with van der Waals surface area (Å²) in [4.78, 5) is 14.3. The molecular weight excluding hydrogens is 212 g/mol. The van der Waals surface area contributed by atoms with E-state index in [9.17, 15) is 13.2 Å². The number of nitrogens with zero attached hydrogens (tertiary/aromatic N) is 1. The normalized spacial score (nSPS) is 11.2. The summed E-state index contributed by atoms with van der Waals surface area (Å²) in [5.74, 6) is -0.604. The van der Waals surface area contributed by atoms with E-state index in [1.165, 1.54) is 5.51 Å². The maximum Gasteiger partial charge on any atom is 0.275 e. The van der Waals surface area contributed by atoms with Crippen LogP contribution >= 0.6 is 11.3 Å². The molecule has 1 N–H and O–H groups in total. The third-order valence-electron chi connectivity index (χ3n) is 1.22. The fourth-order valence-corrected chi connectivity index (χ4v) is 2.99. The zero-order chi connectivity index (χ0) is 10.1. The van der Waals surface area contributed by atoms with Gasteiger partial charge in [0.15, 0.2) is 4.21 Å². The summed E-state index contributed by atoms with van der Waals surface area (Å²) in [6.07, 6.45) is 0. The van der Waals surface area contributed by atoms with Gasteiger partial charge in [-0.3, -0.25) is 4.79 Å². The molecule has 1 aromatic rings. The van der Waals surface area contributed by atoms with Crippen LogP contribution in [0.2, 0.25) is 0 Å². The van der Waals surface area contributed by atoms with Gasteiger partial charge in [0.1, 0.15) is 0 Å². The zero-order valence-corrected chi connectivity index (χ0v) is 8.70. The van der Waals surface area contributed by atoms with E-state index >= 15 is 0 Å². The molecule has 0 aliphatic rings. The molecule has 0 aliphatic carbocycles. The third kappa shape index (κ3) is 2.25. The molecule has 0 radical (unpaired) electrons. The van der Waals surface area contributed by atoms with E-state index < -0.39 is 15.9 Å². The van der Waals surface area contributed by atoms with Gasteiger partial charge in [-0.2, -0.15) is 0 Å². The van der Waals surface area contributed by atoms with Gasteiger partial charge >= 0.3 is 0 Å². The van der Waals surface area contributed by atoms with Crippen LogP contribution in [0.15, 0.2) is 9.72 Å². The topological polar surface area (TPSA) is 76.1 Å². The van der Waals surface area contributed by atoms with Crippen molar-refractivity contribution < 1.29 is 13.2 Å². The first-order valence-electron chi connectivity index (χ1n) is 3.37. The number of nitrogens with one attached hydrogen (secondary N) is 1. The Morgan fingerprint density at radius 1 is 1.62 bits per heavy atom. The van der Waals surface area contributed by atoms with E-state index in [0.717, 1.165) is 18.3 Å². The first kappa shape index (κ1) is 10.1. The maximum absolute atomic E-state index is 11.4. The second-order valence-electron chi connectivity index (χ2n) is 2.39. The number of amides is 1. The predicted octanol–water partition coefficient (Wildman–Crippen LogP) is 0.276. The van der Waals surface area contributed by atoms with Crippen LogP contribution in [0.3, 0.4) is 0 Å². The standard InChI is InChI=1S/C6H8N2O3S2/c1-4-6(12-3-7-4)13(10,11)8-5(2)9/h3H,1-2H3,(H,8,9). The summed E-state index contributed by atoms with van der Waals surface area (Å²) in [6, 6.07) is 0. The van der Waals surface area contributed by atoms with Crippen molar-refractivity contribution in [1.29, 1.82) is 0 Å². The molecule has 0 aliphatic heterocycles. The van der Waals surface area contributed by atoms with Crippen molar-refractivity contribution in [3.63, 3.8) is 0 Å². The Morgan fingerprint density at radius 2 is 2.23 bits per heavy atom. The summed E-state index contributed by atoms with van der Waals surface area (Å²) < 4.78 is 24.7. The van der Waals surface area contributed by atoms with Crippen molar-refractivity contribution in [3.8, 4) is 0 Å². The van der Waals surface area contributed by atoms with Crippen LogP contribution in [0, 0.1) is 6.92 Å². The number of sulfonamides is 1. The summed E-state index contributed by atoms with van der Waals surface area (Å²) in [5, 5.41) is 0. The van der Waals surface area contributed by atoms with Gasteiger partial charge in [0.25, 0.3) is 10.0 Å². The van der Waals surface area contributed by atoms with Crippen molar-refractivity contribution in [2.24, 2.45) is 0 Å². The Hall–Kier alpha value is -0.950. The molecule has 0 unspecified atom stereocenters. The second kappa shape index (κ2) is 3.43. The van der Waals surface area contributed by atoms with Crippen molar-refractivity contribution in [2.45, 2.75) is 18.1 Å². The molecule has 0 saturated heterocycles. The largest absolute Gasteiger partial charge is 0.275 e. The molecule has 0 aromatic carbocycles. The number of thiazole rings is 1. The summed E-state index contributed by atoms with van der Waals surface area (Å²) >= 11 is 0.985. The molecule has 7 heteroatoms. The van der Waals surface area contributed by atoms with E-state index in [0.29, 0.717) is 5.69 Å². The molecule has 0 spiro atoms. The van der Waals surface area contributed by atoms with Gasteiger partial charge in [-0.05, 0) is 6.92 Å². The first-order valence-corrected chi connectivity index (χ1v) is 5.73. The van der Waals surface area contributed by atoms with E-state index in [1.807, 2.05) is 4.72 Å². The van der Waals surface area contributed by atoms with Crippen LogP contribution in [0.4, 0.5) is 0 Å². The monoisotopic (exact) mass is 220 g/mol. The molecule has 5 nitrogen and oxygen atoms in total. The number of aromatic nitrogens is 1. The van der Waals surface area contributed by atoms with Gasteiger partial charge in [0.2, 0.25) is 5.91 Å². The number of rotatable bonds is 2. The molecule has 1 aromatic heterocycles. The number of carbonyl (C=O) groups is 1. The summed E-state index contributed by atoms with van der Waals surface area (Å²) in [7, 11) is -3.69. The molecule has 1 rings (SSSR count). The first-order chi connectivity index (χ1) is 5.93. The molecule has 13 heavy (non-hydrogen) atoms. The van der Waals surface area contributed by atoms with Gasteiger partial charge in [0.05, 0.1) is 11.2 Å². The zero-order valence-electron chi connectivity index (χ0n) is 7.07. The lowest BCUT2D eigenvalue weighted by atomic mass is 10.6. The predicted molar refractivity (Wildman–Crippen MR) is 47.9 cm³/mol. The Bertz CT molecular complexity index is 421. The fourth-order valence-electron chi connectivity index (χ4n) is 0.785. The van der Waals surface area contributed by atoms with Crippen LogP contribution in [-0.4, -0.2) is 19.3 Å². The molecule has 0 bridgehead atoms. The van der Waals surface area contributed by atoms with Crippen molar-refractivity contribution >= 4 is 27.3 Å². The quantitative estimate of drug-likeness (QED) is 0.776. The van der Waals surface area contributed by atoms with E-state index in [1.54, 1.807) is 6.92 Å². The molecule has 1 amide bonds. The number of aryl methyl sites for hydroxylation is 1. The van der Waals surface area contributed by atoms with Crippen LogP contribution in [0.25, 0.3) is 0 Å². The van der Waals surface area contributed by atoms with Crippen LogP contribution in [0.5, 0.6) is 0 Å². The molecule has 1 heterocycles. The minimum Gasteiger partial charge on any atom is -0.274 e. The smallest absolute Gasteiger partial charge is 0.274 e. The van der Waals surface area contributed by atoms with Crippen LogP contribution in [0.1, 0.15) is 12.6 Å². The van der Waals surface area contributed by atoms with Gasteiger partial charge in [0, 0.05) is 6.92 Å². The Kier molecular flexibility index (Phi) is 2.67. The van der Waals surface area contributed by atoms with Crippen LogP contribution < -0.4 is 4.72 Å². The van der Waals surface area contributed by atoms with Crippen molar-refractivity contribution in [1.82, 2.24) is 9.71 Å². The van der Waals surface area contributed by atoms with Crippen molar-refractivity contribution in [3.05, 3.63) is 11.2 Å². The highest BCUT2D eigenvalue weighted by Gasteiger charge is 2.19. The Morgan fingerprint density at radius 3 is 2.62 bits per heavy atom. The van der Waals surface area contributed by atoms with Gasteiger partial charge < -0.3 is 0 Å². The Labute approximate surface area is 79.9 Å². The average Bonchev–Trinajstić information content (AvgIpc) is 2.32. The highest BCUT2D eigenvalue weighted by Crippen LogP contribution is 2.18. The Balaban J connectivity index is 3.09. The lowest BCUT2D eigenvalue weighted by molar-refractivity contribution is -0.117. The summed E-state index contributed by atoms with van der Waals surface area (Å²) in [6.45, 7) is 2.72. The molecule has 0 saturated carbocycles. The number of hydrogen-bond acceptors (Lipinski definition) is 5. The van der Waals surface area contributed by atoms with E-state index in [4.69, 9.17) is 0 Å². The highest BCUT2D eigenvalue weighted by molar-refractivity contribution is 7.92. The van der Waals surface area contributed by atoms with Crippen LogP contribution in [-0.2, 0) is 14.8 Å². The van der Waals surface area contributed by atoms with Gasteiger partial charge in [-0.25, -0.2) is 18.1 Å². The van der Waals surface area contributed by atoms with Gasteiger partial charge in [-0.1, -0.05) is 0 Å². The minimum absolute atomic E-state index is 0.0858. The SMILES string of the molecule is CC(=O)NS(=O)(=O)c1scnc1C.